The molecule has 1 heterocycles. The number of unbranched alkanes of at least 4 members (excludes halogenated alkanes) is 3. The Morgan fingerprint density at radius 2 is 2.06 bits per heavy atom. The highest BCUT2D eigenvalue weighted by atomic mass is 14.9. The molecule has 17 heavy (non-hydrogen) atoms. The molecule has 0 aliphatic rings. The number of hydrogen-bond acceptors (Lipinski definition) is 2. The third kappa shape index (κ3) is 5.20. The van der Waals surface area contributed by atoms with E-state index in [1.54, 1.807) is 0 Å². The largest absolute Gasteiger partial charge is 0.381 e. The van der Waals surface area contributed by atoms with Crippen LogP contribution in [0.3, 0.4) is 0 Å². The first-order valence-corrected chi connectivity index (χ1v) is 6.97. The standard InChI is InChI=1S/C15H26N2/c1-4-6-7-8-9-14-10-11-16-12-15(14)17-13(3)5-2/h10-13,17H,4-9H2,1-3H3. The molecule has 1 atom stereocenters. The van der Waals surface area contributed by atoms with Crippen LogP contribution < -0.4 is 5.32 Å². The monoisotopic (exact) mass is 234 g/mol. The smallest absolute Gasteiger partial charge is 0.0561 e. The second-order valence-electron chi connectivity index (χ2n) is 4.80. The molecule has 0 aromatic carbocycles. The number of nitrogens with zero attached hydrogens (tertiary/aromatic N) is 1. The summed E-state index contributed by atoms with van der Waals surface area (Å²) >= 11 is 0. The first kappa shape index (κ1) is 14.0. The number of anilines is 1. The minimum atomic E-state index is 0.522. The maximum Gasteiger partial charge on any atom is 0.0561 e. The van der Waals surface area contributed by atoms with Crippen molar-refractivity contribution in [1.29, 1.82) is 0 Å². The van der Waals surface area contributed by atoms with Crippen LogP contribution in [0.25, 0.3) is 0 Å². The lowest BCUT2D eigenvalue weighted by molar-refractivity contribution is 0.666. The van der Waals surface area contributed by atoms with Crippen molar-refractivity contribution >= 4 is 5.69 Å². The van der Waals surface area contributed by atoms with Gasteiger partial charge in [-0.1, -0.05) is 33.1 Å². The zero-order valence-corrected chi connectivity index (χ0v) is 11.5. The molecule has 0 amide bonds. The number of hydrogen-bond donors (Lipinski definition) is 1. The third-order valence-electron chi connectivity index (χ3n) is 3.23. The summed E-state index contributed by atoms with van der Waals surface area (Å²) in [6.45, 7) is 6.67. The molecule has 0 saturated heterocycles. The number of nitrogens with one attached hydrogen (secondary N) is 1. The molecule has 96 valence electrons. The second kappa shape index (κ2) is 8.10. The van der Waals surface area contributed by atoms with Gasteiger partial charge in [-0.3, -0.25) is 4.98 Å². The fraction of sp³-hybridized carbons (Fsp3) is 0.667. The third-order valence-corrected chi connectivity index (χ3v) is 3.23. The fourth-order valence-corrected chi connectivity index (χ4v) is 1.88. The van der Waals surface area contributed by atoms with Crippen molar-refractivity contribution < 1.29 is 0 Å². The molecule has 0 fully saturated rings. The fourth-order valence-electron chi connectivity index (χ4n) is 1.88. The number of pyridine rings is 1. The molecule has 0 radical (unpaired) electrons. The molecule has 0 spiro atoms. The van der Waals surface area contributed by atoms with Crippen LogP contribution in [0.4, 0.5) is 5.69 Å². The highest BCUT2D eigenvalue weighted by Crippen LogP contribution is 2.18. The van der Waals surface area contributed by atoms with Crippen LogP contribution in [0.15, 0.2) is 18.5 Å². The minimum Gasteiger partial charge on any atom is -0.381 e. The summed E-state index contributed by atoms with van der Waals surface area (Å²) in [5.74, 6) is 0. The quantitative estimate of drug-likeness (QED) is 0.674. The molecule has 1 rings (SSSR count). The molecule has 0 bridgehead atoms. The highest BCUT2D eigenvalue weighted by molar-refractivity contribution is 5.49. The summed E-state index contributed by atoms with van der Waals surface area (Å²) in [6.07, 6.45) is 11.4. The summed E-state index contributed by atoms with van der Waals surface area (Å²) in [5.41, 5.74) is 2.63. The van der Waals surface area contributed by atoms with Crippen molar-refractivity contribution in [2.24, 2.45) is 0 Å². The van der Waals surface area contributed by atoms with E-state index in [4.69, 9.17) is 0 Å². The maximum absolute atomic E-state index is 4.21. The van der Waals surface area contributed by atoms with E-state index in [1.807, 2.05) is 12.4 Å². The van der Waals surface area contributed by atoms with Crippen molar-refractivity contribution in [2.75, 3.05) is 5.32 Å². The normalized spacial score (nSPS) is 12.4. The van der Waals surface area contributed by atoms with Crippen LogP contribution >= 0.6 is 0 Å². The Morgan fingerprint density at radius 1 is 1.24 bits per heavy atom. The number of aryl methyl sites for hydroxylation is 1. The minimum absolute atomic E-state index is 0.522. The van der Waals surface area contributed by atoms with Gasteiger partial charge in [0.1, 0.15) is 0 Å². The maximum atomic E-state index is 4.21. The first-order chi connectivity index (χ1) is 8.27. The Kier molecular flexibility index (Phi) is 6.68. The van der Waals surface area contributed by atoms with Crippen molar-refractivity contribution in [2.45, 2.75) is 65.3 Å². The Morgan fingerprint density at radius 3 is 2.76 bits per heavy atom. The van der Waals surface area contributed by atoms with Crippen LogP contribution in [0.5, 0.6) is 0 Å². The topological polar surface area (TPSA) is 24.9 Å². The van der Waals surface area contributed by atoms with Gasteiger partial charge in [0, 0.05) is 12.2 Å². The molecule has 0 aliphatic heterocycles. The first-order valence-electron chi connectivity index (χ1n) is 6.97. The van der Waals surface area contributed by atoms with E-state index < -0.39 is 0 Å². The van der Waals surface area contributed by atoms with Gasteiger partial charge < -0.3 is 5.32 Å². The Hall–Kier alpha value is -1.05. The van der Waals surface area contributed by atoms with Gasteiger partial charge in [-0.2, -0.15) is 0 Å². The SMILES string of the molecule is CCCCCCc1ccncc1NC(C)CC. The Labute approximate surface area is 106 Å². The molecule has 1 N–H and O–H groups in total. The van der Waals surface area contributed by atoms with Crippen molar-refractivity contribution in [3.63, 3.8) is 0 Å². The lowest BCUT2D eigenvalue weighted by atomic mass is 10.1. The summed E-state index contributed by atoms with van der Waals surface area (Å²) in [7, 11) is 0. The Bertz CT molecular complexity index is 310. The predicted octanol–water partition coefficient (Wildman–Crippen LogP) is 4.41. The van der Waals surface area contributed by atoms with Crippen molar-refractivity contribution in [3.8, 4) is 0 Å². The van der Waals surface area contributed by atoms with E-state index in [0.717, 1.165) is 6.42 Å². The molecule has 1 aromatic rings. The Balaban J connectivity index is 2.51. The van der Waals surface area contributed by atoms with Crippen LogP contribution in [0, 0.1) is 0 Å². The van der Waals surface area contributed by atoms with Gasteiger partial charge in [0.2, 0.25) is 0 Å². The van der Waals surface area contributed by atoms with E-state index in [0.29, 0.717) is 6.04 Å². The van der Waals surface area contributed by atoms with Gasteiger partial charge >= 0.3 is 0 Å². The van der Waals surface area contributed by atoms with Gasteiger partial charge in [-0.05, 0) is 37.8 Å². The van der Waals surface area contributed by atoms with Gasteiger partial charge in [-0.15, -0.1) is 0 Å². The molecule has 1 unspecified atom stereocenters. The van der Waals surface area contributed by atoms with Crippen molar-refractivity contribution in [1.82, 2.24) is 4.98 Å². The molecule has 2 nitrogen and oxygen atoms in total. The lowest BCUT2D eigenvalue weighted by Crippen LogP contribution is -2.15. The number of rotatable bonds is 8. The summed E-state index contributed by atoms with van der Waals surface area (Å²) < 4.78 is 0. The summed E-state index contributed by atoms with van der Waals surface area (Å²) in [6, 6.07) is 2.67. The summed E-state index contributed by atoms with van der Waals surface area (Å²) in [5, 5.41) is 3.54. The molecule has 0 aliphatic carbocycles. The number of aromatic nitrogens is 1. The van der Waals surface area contributed by atoms with Crippen LogP contribution in [0.2, 0.25) is 0 Å². The molecular formula is C15H26N2. The second-order valence-corrected chi connectivity index (χ2v) is 4.80. The van der Waals surface area contributed by atoms with Crippen LogP contribution in [-0.4, -0.2) is 11.0 Å². The summed E-state index contributed by atoms with van der Waals surface area (Å²) in [4.78, 5) is 4.21. The predicted molar refractivity (Wildman–Crippen MR) is 75.5 cm³/mol. The van der Waals surface area contributed by atoms with Crippen LogP contribution in [-0.2, 0) is 6.42 Å². The zero-order chi connectivity index (χ0) is 12.5. The van der Waals surface area contributed by atoms with E-state index in [1.165, 1.54) is 43.4 Å². The zero-order valence-electron chi connectivity index (χ0n) is 11.5. The molecule has 0 saturated carbocycles. The van der Waals surface area contributed by atoms with Gasteiger partial charge in [-0.25, -0.2) is 0 Å². The van der Waals surface area contributed by atoms with E-state index in [-0.39, 0.29) is 0 Å². The lowest BCUT2D eigenvalue weighted by Gasteiger charge is -2.16. The molecular weight excluding hydrogens is 208 g/mol. The van der Waals surface area contributed by atoms with E-state index in [2.05, 4.69) is 37.1 Å². The average molecular weight is 234 g/mol. The molecule has 1 aromatic heterocycles. The van der Waals surface area contributed by atoms with Gasteiger partial charge in [0.25, 0.3) is 0 Å². The van der Waals surface area contributed by atoms with E-state index >= 15 is 0 Å². The molecule has 2 heteroatoms. The van der Waals surface area contributed by atoms with Gasteiger partial charge in [0.05, 0.1) is 11.9 Å². The highest BCUT2D eigenvalue weighted by Gasteiger charge is 2.04. The van der Waals surface area contributed by atoms with Crippen LogP contribution in [0.1, 0.15) is 58.4 Å². The average Bonchev–Trinajstić information content (AvgIpc) is 2.36. The van der Waals surface area contributed by atoms with E-state index in [9.17, 15) is 0 Å². The van der Waals surface area contributed by atoms with Crippen molar-refractivity contribution in [3.05, 3.63) is 24.0 Å². The van der Waals surface area contributed by atoms with Gasteiger partial charge in [0.15, 0.2) is 0 Å².